The van der Waals surface area contributed by atoms with Gasteiger partial charge in [0.1, 0.15) is 11.5 Å². The number of rotatable bonds is 5. The van der Waals surface area contributed by atoms with E-state index in [2.05, 4.69) is 27.4 Å². The summed E-state index contributed by atoms with van der Waals surface area (Å²) in [6.07, 6.45) is 1.16. The van der Waals surface area contributed by atoms with Crippen LogP contribution in [0.2, 0.25) is 0 Å². The molecule has 0 bridgehead atoms. The van der Waals surface area contributed by atoms with E-state index >= 15 is 0 Å². The molecule has 0 fully saturated rings. The van der Waals surface area contributed by atoms with Crippen molar-refractivity contribution in [1.29, 1.82) is 0 Å². The molecule has 0 aliphatic heterocycles. The van der Waals surface area contributed by atoms with Crippen LogP contribution in [0.3, 0.4) is 0 Å². The molecule has 0 aliphatic carbocycles. The Morgan fingerprint density at radius 1 is 1.42 bits per heavy atom. The van der Waals surface area contributed by atoms with Gasteiger partial charge in [0, 0.05) is 6.07 Å². The molecule has 0 aromatic carbocycles. The minimum atomic E-state index is 0.750. The second-order valence-electron chi connectivity index (χ2n) is 4.09. The predicted molar refractivity (Wildman–Crippen MR) is 75.3 cm³/mol. The molecular formula is C11H13N5OS2. The average molecular weight is 295 g/mol. The highest BCUT2D eigenvalue weighted by atomic mass is 32.2. The monoisotopic (exact) mass is 295 g/mol. The first kappa shape index (κ1) is 12.6. The summed E-state index contributed by atoms with van der Waals surface area (Å²) in [6, 6.07) is 1.87. The van der Waals surface area contributed by atoms with E-state index in [0.717, 1.165) is 45.2 Å². The first-order valence-corrected chi connectivity index (χ1v) is 7.97. The molecule has 19 heavy (non-hydrogen) atoms. The molecular weight excluding hydrogens is 282 g/mol. The topological polar surface area (TPSA) is 69.1 Å². The summed E-state index contributed by atoms with van der Waals surface area (Å²) in [5.74, 6) is 3.61. The molecule has 0 amide bonds. The van der Waals surface area contributed by atoms with Crippen molar-refractivity contribution in [3.05, 3.63) is 17.7 Å². The minimum Gasteiger partial charge on any atom is -0.361 e. The van der Waals surface area contributed by atoms with Crippen molar-refractivity contribution in [2.45, 2.75) is 26.0 Å². The summed E-state index contributed by atoms with van der Waals surface area (Å²) in [5, 5.41) is 17.6. The predicted octanol–water partition coefficient (Wildman–Crippen LogP) is 2.79. The van der Waals surface area contributed by atoms with Gasteiger partial charge in [0.2, 0.25) is 4.96 Å². The molecule has 0 radical (unpaired) electrons. The Kier molecular flexibility index (Phi) is 3.52. The molecule has 3 heterocycles. The molecule has 8 heteroatoms. The molecule has 100 valence electrons. The van der Waals surface area contributed by atoms with Gasteiger partial charge < -0.3 is 4.52 Å². The smallest absolute Gasteiger partial charge is 0.235 e. The fourth-order valence-electron chi connectivity index (χ4n) is 1.63. The summed E-state index contributed by atoms with van der Waals surface area (Å²) in [5.41, 5.74) is 0.750. The maximum Gasteiger partial charge on any atom is 0.235 e. The lowest BCUT2D eigenvalue weighted by atomic mass is 10.4. The Bertz CT molecular complexity index is 686. The maximum absolute atomic E-state index is 5.07. The lowest BCUT2D eigenvalue weighted by Gasteiger charge is -1.95. The average Bonchev–Trinajstić information content (AvgIpc) is 3.05. The van der Waals surface area contributed by atoms with Gasteiger partial charge in [-0.15, -0.1) is 10.2 Å². The van der Waals surface area contributed by atoms with Crippen molar-refractivity contribution < 1.29 is 4.52 Å². The van der Waals surface area contributed by atoms with Crippen molar-refractivity contribution in [2.24, 2.45) is 0 Å². The number of nitrogens with zero attached hydrogens (tertiary/aromatic N) is 5. The van der Waals surface area contributed by atoms with Crippen LogP contribution in [0.15, 0.2) is 10.6 Å². The van der Waals surface area contributed by atoms with Gasteiger partial charge in [-0.05, 0) is 19.1 Å². The van der Waals surface area contributed by atoms with Gasteiger partial charge in [0.05, 0.1) is 5.75 Å². The SMILES string of the molecule is CCCSCc1nnc2sc(-c3cc(C)on3)nn12. The van der Waals surface area contributed by atoms with Crippen molar-refractivity contribution in [3.8, 4) is 10.7 Å². The highest BCUT2D eigenvalue weighted by Gasteiger charge is 2.15. The van der Waals surface area contributed by atoms with Gasteiger partial charge in [-0.25, -0.2) is 0 Å². The van der Waals surface area contributed by atoms with Crippen LogP contribution < -0.4 is 0 Å². The van der Waals surface area contributed by atoms with E-state index < -0.39 is 0 Å². The van der Waals surface area contributed by atoms with Gasteiger partial charge in [-0.1, -0.05) is 23.4 Å². The lowest BCUT2D eigenvalue weighted by molar-refractivity contribution is 0.399. The van der Waals surface area contributed by atoms with Crippen LogP contribution in [0.25, 0.3) is 15.7 Å². The number of hydrogen-bond acceptors (Lipinski definition) is 7. The second kappa shape index (κ2) is 5.30. The molecule has 0 N–H and O–H groups in total. The zero-order chi connectivity index (χ0) is 13.2. The summed E-state index contributed by atoms with van der Waals surface area (Å²) in [7, 11) is 0. The van der Waals surface area contributed by atoms with Gasteiger partial charge in [0.15, 0.2) is 10.8 Å². The molecule has 0 saturated carbocycles. The highest BCUT2D eigenvalue weighted by molar-refractivity contribution is 7.98. The van der Waals surface area contributed by atoms with Gasteiger partial charge in [-0.2, -0.15) is 21.4 Å². The maximum atomic E-state index is 5.07. The van der Waals surface area contributed by atoms with Crippen LogP contribution >= 0.6 is 23.1 Å². The molecule has 3 aromatic heterocycles. The number of aryl methyl sites for hydroxylation is 1. The Hall–Kier alpha value is -1.41. The van der Waals surface area contributed by atoms with Crippen molar-refractivity contribution in [2.75, 3.05) is 5.75 Å². The molecule has 0 unspecified atom stereocenters. The third-order valence-electron chi connectivity index (χ3n) is 2.48. The third-order valence-corrected chi connectivity index (χ3v) is 4.56. The molecule has 0 aliphatic rings. The van der Waals surface area contributed by atoms with E-state index in [1.54, 1.807) is 4.52 Å². The van der Waals surface area contributed by atoms with E-state index in [9.17, 15) is 0 Å². The van der Waals surface area contributed by atoms with Gasteiger partial charge in [0.25, 0.3) is 0 Å². The summed E-state index contributed by atoms with van der Waals surface area (Å²) >= 11 is 3.31. The van der Waals surface area contributed by atoms with Crippen LogP contribution in [-0.4, -0.2) is 30.7 Å². The van der Waals surface area contributed by atoms with Crippen molar-refractivity contribution >= 4 is 28.1 Å². The number of aromatic nitrogens is 5. The molecule has 3 aromatic rings. The number of hydrogen-bond donors (Lipinski definition) is 0. The molecule has 0 saturated heterocycles. The summed E-state index contributed by atoms with van der Waals surface area (Å²) in [4.78, 5) is 0.794. The van der Waals surface area contributed by atoms with E-state index in [1.807, 2.05) is 24.8 Å². The minimum absolute atomic E-state index is 0.750. The van der Waals surface area contributed by atoms with E-state index in [1.165, 1.54) is 11.3 Å². The van der Waals surface area contributed by atoms with Crippen LogP contribution in [0.1, 0.15) is 24.9 Å². The largest absolute Gasteiger partial charge is 0.361 e. The highest BCUT2D eigenvalue weighted by Crippen LogP contribution is 2.25. The van der Waals surface area contributed by atoms with Crippen molar-refractivity contribution in [1.82, 2.24) is 25.0 Å². The summed E-state index contributed by atoms with van der Waals surface area (Å²) in [6.45, 7) is 4.03. The fourth-order valence-corrected chi connectivity index (χ4v) is 3.23. The number of thioether (sulfide) groups is 1. The third kappa shape index (κ3) is 2.50. The van der Waals surface area contributed by atoms with Crippen molar-refractivity contribution in [3.63, 3.8) is 0 Å². The molecule has 0 spiro atoms. The van der Waals surface area contributed by atoms with E-state index in [4.69, 9.17) is 4.52 Å². The first-order chi connectivity index (χ1) is 9.28. The Balaban J connectivity index is 1.89. The Morgan fingerprint density at radius 3 is 3.05 bits per heavy atom. The Labute approximate surface area is 118 Å². The van der Waals surface area contributed by atoms with Gasteiger partial charge >= 0.3 is 0 Å². The quantitative estimate of drug-likeness (QED) is 0.674. The Morgan fingerprint density at radius 2 is 2.32 bits per heavy atom. The van der Waals surface area contributed by atoms with E-state index in [0.29, 0.717) is 0 Å². The molecule has 6 nitrogen and oxygen atoms in total. The van der Waals surface area contributed by atoms with Crippen LogP contribution in [0.5, 0.6) is 0 Å². The van der Waals surface area contributed by atoms with E-state index in [-0.39, 0.29) is 0 Å². The molecule has 0 atom stereocenters. The zero-order valence-corrected chi connectivity index (χ0v) is 12.3. The fraction of sp³-hybridized carbons (Fsp3) is 0.455. The lowest BCUT2D eigenvalue weighted by Crippen LogP contribution is -1.94. The first-order valence-electron chi connectivity index (χ1n) is 6.00. The van der Waals surface area contributed by atoms with Gasteiger partial charge in [-0.3, -0.25) is 0 Å². The van der Waals surface area contributed by atoms with Crippen LogP contribution in [0, 0.1) is 6.92 Å². The van der Waals surface area contributed by atoms with Crippen LogP contribution in [-0.2, 0) is 5.75 Å². The normalized spacial score (nSPS) is 11.5. The summed E-state index contributed by atoms with van der Waals surface area (Å²) < 4.78 is 6.87. The van der Waals surface area contributed by atoms with Crippen LogP contribution in [0.4, 0.5) is 0 Å². The standard InChI is InChI=1S/C11H13N5OS2/c1-3-4-18-6-9-12-13-11-16(9)14-10(19-11)8-5-7(2)17-15-8/h5H,3-4,6H2,1-2H3. The second-order valence-corrected chi connectivity index (χ2v) is 6.15. The molecule has 3 rings (SSSR count). The number of fused-ring (bicyclic) bond motifs is 1. The zero-order valence-electron chi connectivity index (χ0n) is 10.7.